The minimum atomic E-state index is 0.847. The monoisotopic (exact) mass is 1810 g/mol. The van der Waals surface area contributed by atoms with E-state index in [1.54, 1.807) is 0 Å². The number of hydrogen-bond acceptors (Lipinski definition) is 3. The smallest absolute Gasteiger partial charge is 0.136 e. The molecule has 3 aromatic heterocycles. The average molecular weight is 1810 g/mol. The van der Waals surface area contributed by atoms with Gasteiger partial charge in [-0.3, -0.25) is 0 Å². The normalized spacial score (nSPS) is 12.1. The van der Waals surface area contributed by atoms with E-state index in [9.17, 15) is 0 Å². The molecule has 0 N–H and O–H groups in total. The number of hydrogen-bond donors (Lipinski definition) is 0. The first-order chi connectivity index (χ1) is 70.8. The van der Waals surface area contributed by atoms with E-state index in [0.29, 0.717) is 0 Å². The summed E-state index contributed by atoms with van der Waals surface area (Å²) in [6, 6.07) is 185. The van der Waals surface area contributed by atoms with Gasteiger partial charge in [0.1, 0.15) is 33.5 Å². The quantitative estimate of drug-likeness (QED) is 0.114. The first kappa shape index (κ1) is 80.3. The molecule has 0 atom stereocenters. The predicted molar refractivity (Wildman–Crippen MR) is 606 cm³/mol. The highest BCUT2D eigenvalue weighted by molar-refractivity contribution is 6.27. The molecule has 660 valence electrons. The molecule has 0 saturated heterocycles. The molecule has 0 unspecified atom stereocenters. The van der Waals surface area contributed by atoms with Crippen molar-refractivity contribution in [1.29, 1.82) is 0 Å². The van der Waals surface area contributed by atoms with Crippen LogP contribution in [0.5, 0.6) is 0 Å². The Balaban J connectivity index is 0.523. The molecule has 143 heavy (non-hydrogen) atoms. The van der Waals surface area contributed by atoms with Crippen molar-refractivity contribution in [3.63, 3.8) is 0 Å². The van der Waals surface area contributed by atoms with Gasteiger partial charge in [-0.1, -0.05) is 376 Å². The molecule has 0 bridgehead atoms. The second kappa shape index (κ2) is 31.9. The molecule has 3 heteroatoms. The van der Waals surface area contributed by atoms with E-state index in [1.807, 2.05) is 0 Å². The fourth-order valence-electron chi connectivity index (χ4n) is 23.9. The Hall–Kier alpha value is -18.8. The van der Waals surface area contributed by atoms with Crippen molar-refractivity contribution in [2.75, 3.05) is 0 Å². The topological polar surface area (TPSA) is 39.4 Å². The average Bonchev–Trinajstić information content (AvgIpc) is 1.70. The minimum Gasteiger partial charge on any atom is -0.456 e. The molecule has 3 heterocycles. The molecule has 30 aromatic rings. The van der Waals surface area contributed by atoms with Crippen molar-refractivity contribution >= 4 is 184 Å². The molecule has 27 aromatic carbocycles. The third-order valence-electron chi connectivity index (χ3n) is 30.7. The van der Waals surface area contributed by atoms with Crippen LogP contribution in [0, 0.1) is 0 Å². The maximum Gasteiger partial charge on any atom is 0.136 e. The summed E-state index contributed by atoms with van der Waals surface area (Å²) < 4.78 is 20.5. The fraction of sp³-hybridized carbons (Fsp3) is 0. The Bertz CT molecular complexity index is 10500. The van der Waals surface area contributed by atoms with Crippen molar-refractivity contribution < 1.29 is 13.3 Å². The number of fused-ring (bicyclic) bond motifs is 20. The van der Waals surface area contributed by atoms with Gasteiger partial charge in [0.2, 0.25) is 0 Å². The fourth-order valence-corrected chi connectivity index (χ4v) is 23.9. The Morgan fingerprint density at radius 3 is 0.769 bits per heavy atom. The van der Waals surface area contributed by atoms with Crippen LogP contribution in [0.1, 0.15) is 0 Å². The van der Waals surface area contributed by atoms with Crippen molar-refractivity contribution in [2.24, 2.45) is 0 Å². The molecule has 0 aliphatic heterocycles. The van der Waals surface area contributed by atoms with E-state index in [1.165, 1.54) is 158 Å². The SMILES string of the molecule is c1cc(-c2cc(-c3ccc(-c4ccc5cc6oc7ccc(-c8c9ccccc9c(-c9ccc(-c%10ccc%11ccccc%11c%10)cc9)c9ccccc89)cc7c6cc5c4)cc3)cc(-c3c4ccccc4c(-c4ccc5oc6cc7ccccc7cc6c5c4)c4ccccc34)c2)cc(-c2cccc3cc4c(cc23)oc2ccc(-c3c5ccccc5c(-c5cccc(-c6ccc7ccccc7c6)c5)c5ccccc35)cc24)c1. The highest BCUT2D eigenvalue weighted by Crippen LogP contribution is 2.53. The lowest BCUT2D eigenvalue weighted by atomic mass is 9.84. The molecule has 0 fully saturated rings. The lowest BCUT2D eigenvalue weighted by Crippen LogP contribution is -1.92. The molecule has 3 nitrogen and oxygen atoms in total. The van der Waals surface area contributed by atoms with Crippen LogP contribution in [-0.4, -0.2) is 0 Å². The van der Waals surface area contributed by atoms with E-state index in [0.717, 1.165) is 160 Å². The highest BCUT2D eigenvalue weighted by Gasteiger charge is 2.26. The summed E-state index contributed by atoms with van der Waals surface area (Å²) in [5, 5.41) is 32.8. The zero-order chi connectivity index (χ0) is 93.6. The van der Waals surface area contributed by atoms with Crippen LogP contribution < -0.4 is 0 Å². The first-order valence-electron chi connectivity index (χ1n) is 49.3. The third kappa shape index (κ3) is 13.1. The van der Waals surface area contributed by atoms with Crippen LogP contribution in [0.3, 0.4) is 0 Å². The van der Waals surface area contributed by atoms with Gasteiger partial charge < -0.3 is 13.3 Å². The van der Waals surface area contributed by atoms with E-state index in [2.05, 4.69) is 497 Å². The summed E-state index contributed by atoms with van der Waals surface area (Å²) >= 11 is 0. The summed E-state index contributed by atoms with van der Waals surface area (Å²) in [4.78, 5) is 0. The summed E-state index contributed by atoms with van der Waals surface area (Å²) in [5.41, 5.74) is 33.1. The van der Waals surface area contributed by atoms with Gasteiger partial charge in [0.15, 0.2) is 0 Å². The second-order valence-corrected chi connectivity index (χ2v) is 38.7. The zero-order valence-corrected chi connectivity index (χ0v) is 77.6. The van der Waals surface area contributed by atoms with Crippen molar-refractivity contribution in [2.45, 2.75) is 0 Å². The summed E-state index contributed by atoms with van der Waals surface area (Å²) in [6.45, 7) is 0. The molecule has 0 saturated carbocycles. The zero-order valence-electron chi connectivity index (χ0n) is 77.6. The van der Waals surface area contributed by atoms with E-state index >= 15 is 0 Å². The van der Waals surface area contributed by atoms with Crippen LogP contribution in [0.2, 0.25) is 0 Å². The van der Waals surface area contributed by atoms with E-state index < -0.39 is 0 Å². The summed E-state index contributed by atoms with van der Waals surface area (Å²) in [6.07, 6.45) is 0. The van der Waals surface area contributed by atoms with Gasteiger partial charge >= 0.3 is 0 Å². The molecule has 0 aliphatic rings. The maximum atomic E-state index is 7.03. The van der Waals surface area contributed by atoms with Gasteiger partial charge in [0.25, 0.3) is 0 Å². The maximum absolute atomic E-state index is 7.03. The Morgan fingerprint density at radius 2 is 0.329 bits per heavy atom. The number of furan rings is 3. The van der Waals surface area contributed by atoms with Gasteiger partial charge in [0.05, 0.1) is 0 Å². The molecule has 0 amide bonds. The molecule has 0 radical (unpaired) electrons. The van der Waals surface area contributed by atoms with Crippen LogP contribution in [0.25, 0.3) is 318 Å². The molecule has 30 rings (SSSR count). The molecular formula is C140H82O3. The van der Waals surface area contributed by atoms with Crippen LogP contribution in [0.4, 0.5) is 0 Å². The van der Waals surface area contributed by atoms with Crippen molar-refractivity contribution in [1.82, 2.24) is 0 Å². The highest BCUT2D eigenvalue weighted by atomic mass is 16.3. The van der Waals surface area contributed by atoms with E-state index in [-0.39, 0.29) is 0 Å². The number of benzene rings is 27. The summed E-state index contributed by atoms with van der Waals surface area (Å²) in [7, 11) is 0. The van der Waals surface area contributed by atoms with Crippen molar-refractivity contribution in [3.05, 3.63) is 497 Å². The van der Waals surface area contributed by atoms with Gasteiger partial charge in [-0.25, -0.2) is 0 Å². The Morgan fingerprint density at radius 1 is 0.0909 bits per heavy atom. The lowest BCUT2D eigenvalue weighted by Gasteiger charge is -2.19. The van der Waals surface area contributed by atoms with Crippen molar-refractivity contribution in [3.8, 4) is 134 Å². The lowest BCUT2D eigenvalue weighted by molar-refractivity contribution is 0.669. The van der Waals surface area contributed by atoms with Gasteiger partial charge in [-0.05, 0) is 373 Å². The minimum absolute atomic E-state index is 0.847. The molecule has 0 spiro atoms. The van der Waals surface area contributed by atoms with Crippen LogP contribution in [0.15, 0.2) is 511 Å². The number of rotatable bonds is 12. The van der Waals surface area contributed by atoms with Crippen LogP contribution in [-0.2, 0) is 0 Å². The molecule has 0 aliphatic carbocycles. The van der Waals surface area contributed by atoms with Gasteiger partial charge in [0, 0.05) is 32.3 Å². The van der Waals surface area contributed by atoms with Gasteiger partial charge in [-0.15, -0.1) is 0 Å². The predicted octanol–water partition coefficient (Wildman–Crippen LogP) is 40.1. The Kier molecular flexibility index (Phi) is 17.9. The Labute approximate surface area is 822 Å². The first-order valence-corrected chi connectivity index (χ1v) is 49.3. The second-order valence-electron chi connectivity index (χ2n) is 38.7. The molecular weight excluding hydrogens is 1730 g/mol. The standard InChI is InChI=1S/C140H82O3/c1-3-24-89-66-95(56-52-83(89)22-1)86-50-54-88(55-51-86)135-110-33-7-9-35-112(110)137(113-36-10-8-34-111(113)135)104-61-64-130-125(78-104)128-79-107-70-96(58-59-98(107)81-133(128)142-130)85-46-48-87(49-47-85)105-71-106(73-108(72-105)140-120-43-17-15-41-118(120)139(119-42-16-18-44-121(119)140)102-60-63-129-123(76-102)126-74-93-26-5-6-27-94(93)80-132(126)141-129)92-29-19-30-99(68-92)109-45-21-31-100-75-127-124-77-103(62-65-131(124)143-134(127)82-122(100)109)138-116-39-13-11-37-114(116)136(115-38-12-14-40-117(115)138)101-32-20-28-91(69-101)97-57-53-84-23-2-4-25-90(84)67-97/h1-82H. The summed E-state index contributed by atoms with van der Waals surface area (Å²) in [5.74, 6) is 0. The van der Waals surface area contributed by atoms with Gasteiger partial charge in [-0.2, -0.15) is 0 Å². The third-order valence-corrected chi connectivity index (χ3v) is 30.7. The largest absolute Gasteiger partial charge is 0.456 e. The van der Waals surface area contributed by atoms with Crippen LogP contribution >= 0.6 is 0 Å². The van der Waals surface area contributed by atoms with E-state index in [4.69, 9.17) is 13.3 Å².